The Hall–Kier alpha value is -1.42. The molecule has 0 aromatic heterocycles. The van der Waals surface area contributed by atoms with Gasteiger partial charge < -0.3 is 5.11 Å². The first-order chi connectivity index (χ1) is 8.03. The van der Waals surface area contributed by atoms with Crippen LogP contribution in [0, 0.1) is 11.3 Å². The van der Waals surface area contributed by atoms with Crippen LogP contribution in [-0.2, 0) is 10.0 Å². The number of nitriles is 1. The molecule has 17 heavy (non-hydrogen) atoms. The summed E-state index contributed by atoms with van der Waals surface area (Å²) in [5.41, 5.74) is 0.401. The lowest BCUT2D eigenvalue weighted by atomic mass is 10.2. The number of hydrogen-bond donors (Lipinski definition) is 2. The Kier molecular flexibility index (Phi) is 4.63. The van der Waals surface area contributed by atoms with Gasteiger partial charge in [-0.05, 0) is 30.7 Å². The number of aliphatic hydroxyl groups excluding tert-OH is 1. The summed E-state index contributed by atoms with van der Waals surface area (Å²) in [6.07, 6.45) is 0.506. The number of aliphatic hydroxyl groups is 1. The van der Waals surface area contributed by atoms with E-state index in [9.17, 15) is 8.42 Å². The van der Waals surface area contributed by atoms with Gasteiger partial charge in [0.2, 0.25) is 10.0 Å². The Morgan fingerprint density at radius 1 is 1.41 bits per heavy atom. The largest absolute Gasteiger partial charge is 0.395 e. The minimum atomic E-state index is -3.63. The summed E-state index contributed by atoms with van der Waals surface area (Å²) in [6, 6.07) is 7.03. The zero-order valence-electron chi connectivity index (χ0n) is 9.42. The highest BCUT2D eigenvalue weighted by Gasteiger charge is 2.18. The first kappa shape index (κ1) is 13.6. The van der Waals surface area contributed by atoms with Crippen molar-refractivity contribution in [3.05, 3.63) is 29.8 Å². The molecule has 0 amide bonds. The van der Waals surface area contributed by atoms with E-state index >= 15 is 0 Å². The number of rotatable bonds is 5. The summed E-state index contributed by atoms with van der Waals surface area (Å²) < 4.78 is 26.1. The summed E-state index contributed by atoms with van der Waals surface area (Å²) >= 11 is 0. The summed E-state index contributed by atoms with van der Waals surface area (Å²) in [7, 11) is -3.63. The van der Waals surface area contributed by atoms with Crippen LogP contribution in [0.25, 0.3) is 0 Å². The number of benzene rings is 1. The molecular weight excluding hydrogens is 240 g/mol. The second-order valence-electron chi connectivity index (χ2n) is 3.55. The van der Waals surface area contributed by atoms with Gasteiger partial charge >= 0.3 is 0 Å². The van der Waals surface area contributed by atoms with Crippen LogP contribution in [0.3, 0.4) is 0 Å². The molecule has 1 aromatic rings. The van der Waals surface area contributed by atoms with E-state index in [0.29, 0.717) is 12.0 Å². The molecule has 0 spiro atoms. The highest BCUT2D eigenvalue weighted by Crippen LogP contribution is 2.11. The lowest BCUT2D eigenvalue weighted by molar-refractivity contribution is 0.254. The highest BCUT2D eigenvalue weighted by atomic mass is 32.2. The molecule has 0 bridgehead atoms. The predicted molar refractivity (Wildman–Crippen MR) is 62.6 cm³/mol. The second kappa shape index (κ2) is 5.77. The standard InChI is InChI=1S/C11H14N2O3S/c1-2-10(8-14)13-17(15,16)11-5-3-9(7-12)4-6-11/h3-6,10,13-14H,2,8H2,1H3. The Bertz CT molecular complexity index is 499. The zero-order valence-corrected chi connectivity index (χ0v) is 10.2. The number of sulfonamides is 1. The summed E-state index contributed by atoms with van der Waals surface area (Å²) in [5.74, 6) is 0. The third-order valence-electron chi connectivity index (χ3n) is 2.33. The minimum Gasteiger partial charge on any atom is -0.395 e. The molecule has 0 saturated heterocycles. The molecule has 1 aromatic carbocycles. The van der Waals surface area contributed by atoms with Crippen LogP contribution in [0.2, 0.25) is 0 Å². The third-order valence-corrected chi connectivity index (χ3v) is 3.87. The van der Waals surface area contributed by atoms with Crippen molar-refractivity contribution in [2.45, 2.75) is 24.3 Å². The topological polar surface area (TPSA) is 90.2 Å². The van der Waals surface area contributed by atoms with Crippen molar-refractivity contribution in [1.82, 2.24) is 4.72 Å². The molecular formula is C11H14N2O3S. The van der Waals surface area contributed by atoms with Crippen LogP contribution in [0.5, 0.6) is 0 Å². The second-order valence-corrected chi connectivity index (χ2v) is 5.26. The molecule has 0 radical (unpaired) electrons. The lowest BCUT2D eigenvalue weighted by Crippen LogP contribution is -2.36. The molecule has 2 N–H and O–H groups in total. The van der Waals surface area contributed by atoms with Gasteiger partial charge in [0.25, 0.3) is 0 Å². The van der Waals surface area contributed by atoms with Gasteiger partial charge in [-0.25, -0.2) is 13.1 Å². The van der Waals surface area contributed by atoms with Gasteiger partial charge in [-0.2, -0.15) is 5.26 Å². The first-order valence-corrected chi connectivity index (χ1v) is 6.65. The van der Waals surface area contributed by atoms with Crippen LogP contribution in [0.1, 0.15) is 18.9 Å². The molecule has 0 saturated carbocycles. The van der Waals surface area contributed by atoms with E-state index in [1.54, 1.807) is 6.92 Å². The van der Waals surface area contributed by atoms with E-state index in [0.717, 1.165) is 0 Å². The highest BCUT2D eigenvalue weighted by molar-refractivity contribution is 7.89. The molecule has 92 valence electrons. The van der Waals surface area contributed by atoms with Gasteiger partial charge in [0.1, 0.15) is 0 Å². The molecule has 0 aliphatic rings. The number of nitrogens with zero attached hydrogens (tertiary/aromatic N) is 1. The summed E-state index contributed by atoms with van der Waals surface area (Å²) in [5, 5.41) is 17.6. The third kappa shape index (κ3) is 3.53. The van der Waals surface area contributed by atoms with Gasteiger partial charge in [-0.1, -0.05) is 6.92 Å². The van der Waals surface area contributed by atoms with E-state index in [-0.39, 0.29) is 11.5 Å². The quantitative estimate of drug-likeness (QED) is 0.805. The van der Waals surface area contributed by atoms with E-state index in [1.807, 2.05) is 6.07 Å². The molecule has 0 fully saturated rings. The monoisotopic (exact) mass is 254 g/mol. The maximum absolute atomic E-state index is 11.9. The van der Waals surface area contributed by atoms with Crippen molar-refractivity contribution >= 4 is 10.0 Å². The zero-order chi connectivity index (χ0) is 12.9. The minimum absolute atomic E-state index is 0.0865. The van der Waals surface area contributed by atoms with Crippen molar-refractivity contribution < 1.29 is 13.5 Å². The van der Waals surface area contributed by atoms with Gasteiger partial charge in [0.15, 0.2) is 0 Å². The van der Waals surface area contributed by atoms with Crippen molar-refractivity contribution in [1.29, 1.82) is 5.26 Å². The maximum atomic E-state index is 11.9. The Morgan fingerprint density at radius 2 is 2.00 bits per heavy atom. The molecule has 1 unspecified atom stereocenters. The average Bonchev–Trinajstić information content (AvgIpc) is 2.36. The summed E-state index contributed by atoms with van der Waals surface area (Å²) in [6.45, 7) is 1.54. The normalized spacial score (nSPS) is 13.0. The van der Waals surface area contributed by atoms with Gasteiger partial charge in [-0.3, -0.25) is 0 Å². The van der Waals surface area contributed by atoms with Crippen molar-refractivity contribution in [3.8, 4) is 6.07 Å². The number of hydrogen-bond acceptors (Lipinski definition) is 4. The Balaban J connectivity index is 2.93. The van der Waals surface area contributed by atoms with Crippen LogP contribution >= 0.6 is 0 Å². The lowest BCUT2D eigenvalue weighted by Gasteiger charge is -2.14. The maximum Gasteiger partial charge on any atom is 0.240 e. The average molecular weight is 254 g/mol. The van der Waals surface area contributed by atoms with E-state index in [4.69, 9.17) is 10.4 Å². The van der Waals surface area contributed by atoms with Crippen molar-refractivity contribution in [3.63, 3.8) is 0 Å². The van der Waals surface area contributed by atoms with E-state index < -0.39 is 16.1 Å². The molecule has 6 heteroatoms. The smallest absolute Gasteiger partial charge is 0.240 e. The fraction of sp³-hybridized carbons (Fsp3) is 0.364. The SMILES string of the molecule is CCC(CO)NS(=O)(=O)c1ccc(C#N)cc1. The van der Waals surface area contributed by atoms with Gasteiger partial charge in [0.05, 0.1) is 23.1 Å². The fourth-order valence-corrected chi connectivity index (χ4v) is 2.56. The molecule has 0 aliphatic heterocycles. The molecule has 1 rings (SSSR count). The van der Waals surface area contributed by atoms with Crippen LogP contribution in [0.15, 0.2) is 29.2 Å². The van der Waals surface area contributed by atoms with Crippen LogP contribution < -0.4 is 4.72 Å². The number of nitrogens with one attached hydrogen (secondary N) is 1. The van der Waals surface area contributed by atoms with Crippen LogP contribution in [-0.4, -0.2) is 26.2 Å². The predicted octanol–water partition coefficient (Wildman–Crippen LogP) is 0.607. The molecule has 1 atom stereocenters. The molecule has 5 nitrogen and oxygen atoms in total. The van der Waals surface area contributed by atoms with Gasteiger partial charge in [0, 0.05) is 6.04 Å². The Labute approximate surface area is 101 Å². The van der Waals surface area contributed by atoms with Crippen molar-refractivity contribution in [2.75, 3.05) is 6.61 Å². The summed E-state index contributed by atoms with van der Waals surface area (Å²) in [4.78, 5) is 0.0865. The van der Waals surface area contributed by atoms with E-state index in [1.165, 1.54) is 24.3 Å². The fourth-order valence-electron chi connectivity index (χ4n) is 1.25. The van der Waals surface area contributed by atoms with Gasteiger partial charge in [-0.15, -0.1) is 0 Å². The van der Waals surface area contributed by atoms with E-state index in [2.05, 4.69) is 4.72 Å². The first-order valence-electron chi connectivity index (χ1n) is 5.17. The van der Waals surface area contributed by atoms with Crippen LogP contribution in [0.4, 0.5) is 0 Å². The van der Waals surface area contributed by atoms with Crippen molar-refractivity contribution in [2.24, 2.45) is 0 Å². The Morgan fingerprint density at radius 3 is 2.41 bits per heavy atom. The molecule has 0 heterocycles. The molecule has 0 aliphatic carbocycles.